The Balaban J connectivity index is 2.72. The van der Waals surface area contributed by atoms with E-state index in [2.05, 4.69) is 41.8 Å². The van der Waals surface area contributed by atoms with Crippen molar-refractivity contribution in [3.63, 3.8) is 0 Å². The number of benzene rings is 1. The molecular formula is C11H12BrClN2. The van der Waals surface area contributed by atoms with Gasteiger partial charge in [0, 0.05) is 16.1 Å². The zero-order valence-electron chi connectivity index (χ0n) is 8.88. The molecular weight excluding hydrogens is 275 g/mol. The molecule has 2 aromatic rings. The molecule has 15 heavy (non-hydrogen) atoms. The normalized spacial score (nSPS) is 12.3. The van der Waals surface area contributed by atoms with E-state index in [0.29, 0.717) is 0 Å². The summed E-state index contributed by atoms with van der Waals surface area (Å²) < 4.78 is 2.85. The van der Waals surface area contributed by atoms with Crippen LogP contribution in [0.15, 0.2) is 22.8 Å². The average Bonchev–Trinajstić information content (AvgIpc) is 2.55. The Hall–Kier alpha value is -0.540. The molecule has 80 valence electrons. The zero-order valence-corrected chi connectivity index (χ0v) is 11.2. The van der Waals surface area contributed by atoms with Gasteiger partial charge in [-0.3, -0.25) is 4.68 Å². The van der Waals surface area contributed by atoms with Crippen LogP contribution in [0.5, 0.6) is 0 Å². The smallest absolute Gasteiger partial charge is 0.0939 e. The summed E-state index contributed by atoms with van der Waals surface area (Å²) in [5.74, 6) is 0. The van der Waals surface area contributed by atoms with Gasteiger partial charge in [-0.05, 0) is 48.8 Å². The van der Waals surface area contributed by atoms with Gasteiger partial charge in [0.2, 0.25) is 0 Å². The predicted octanol–water partition coefficient (Wildman–Crippen LogP) is 4.21. The van der Waals surface area contributed by atoms with Crippen molar-refractivity contribution in [2.75, 3.05) is 0 Å². The van der Waals surface area contributed by atoms with Crippen molar-refractivity contribution in [1.29, 1.82) is 0 Å². The molecule has 0 fully saturated rings. The highest BCUT2D eigenvalue weighted by atomic mass is 79.9. The van der Waals surface area contributed by atoms with Crippen LogP contribution in [-0.4, -0.2) is 9.78 Å². The minimum absolute atomic E-state index is 0.0190. The van der Waals surface area contributed by atoms with Crippen LogP contribution in [-0.2, 0) is 5.54 Å². The molecule has 0 atom stereocenters. The van der Waals surface area contributed by atoms with Gasteiger partial charge in [0.25, 0.3) is 0 Å². The monoisotopic (exact) mass is 286 g/mol. The van der Waals surface area contributed by atoms with Crippen LogP contribution in [0.1, 0.15) is 20.8 Å². The van der Waals surface area contributed by atoms with Crippen molar-refractivity contribution in [1.82, 2.24) is 9.78 Å². The summed E-state index contributed by atoms with van der Waals surface area (Å²) in [5, 5.41) is 6.21. The van der Waals surface area contributed by atoms with E-state index in [1.165, 1.54) is 0 Å². The summed E-state index contributed by atoms with van der Waals surface area (Å²) in [6, 6.07) is 3.89. The summed E-state index contributed by atoms with van der Waals surface area (Å²) >= 11 is 9.60. The lowest BCUT2D eigenvalue weighted by Gasteiger charge is -2.18. The number of rotatable bonds is 0. The molecule has 2 rings (SSSR count). The van der Waals surface area contributed by atoms with E-state index < -0.39 is 0 Å². The second-order valence-corrected chi connectivity index (χ2v) is 5.77. The Morgan fingerprint density at radius 2 is 2.00 bits per heavy atom. The van der Waals surface area contributed by atoms with Gasteiger partial charge in [-0.25, -0.2) is 0 Å². The van der Waals surface area contributed by atoms with Crippen LogP contribution in [0.25, 0.3) is 10.9 Å². The molecule has 0 aliphatic heterocycles. The number of hydrogen-bond acceptors (Lipinski definition) is 1. The molecule has 0 saturated carbocycles. The first kappa shape index (κ1) is 11.0. The lowest BCUT2D eigenvalue weighted by Crippen LogP contribution is -2.21. The zero-order chi connectivity index (χ0) is 11.2. The molecule has 0 spiro atoms. The number of fused-ring (bicyclic) bond motifs is 1. The minimum atomic E-state index is -0.0190. The van der Waals surface area contributed by atoms with Crippen LogP contribution < -0.4 is 0 Å². The number of nitrogens with zero attached hydrogens (tertiary/aromatic N) is 2. The van der Waals surface area contributed by atoms with Gasteiger partial charge in [0.05, 0.1) is 16.1 Å². The van der Waals surface area contributed by atoms with Crippen LogP contribution in [0.3, 0.4) is 0 Å². The first-order valence-electron chi connectivity index (χ1n) is 4.73. The third-order valence-electron chi connectivity index (χ3n) is 2.26. The van der Waals surface area contributed by atoms with Gasteiger partial charge < -0.3 is 0 Å². The van der Waals surface area contributed by atoms with Gasteiger partial charge >= 0.3 is 0 Å². The molecule has 0 unspecified atom stereocenters. The Morgan fingerprint density at radius 1 is 1.33 bits per heavy atom. The van der Waals surface area contributed by atoms with Crippen LogP contribution in [0.2, 0.25) is 5.02 Å². The third kappa shape index (κ3) is 1.91. The number of halogens is 2. The Kier molecular flexibility index (Phi) is 2.55. The largest absolute Gasteiger partial charge is 0.266 e. The quantitative estimate of drug-likeness (QED) is 0.710. The predicted molar refractivity (Wildman–Crippen MR) is 67.4 cm³/mol. The Labute approximate surface area is 102 Å². The second-order valence-electron chi connectivity index (χ2n) is 4.54. The Bertz CT molecular complexity index is 511. The maximum absolute atomic E-state index is 6.19. The van der Waals surface area contributed by atoms with Crippen molar-refractivity contribution >= 4 is 38.4 Å². The molecule has 0 aliphatic rings. The molecule has 0 aliphatic carbocycles. The van der Waals surface area contributed by atoms with Crippen molar-refractivity contribution in [3.8, 4) is 0 Å². The van der Waals surface area contributed by atoms with E-state index in [1.807, 2.05) is 23.0 Å². The maximum Gasteiger partial charge on any atom is 0.0939 e. The fourth-order valence-electron chi connectivity index (χ4n) is 1.38. The van der Waals surface area contributed by atoms with Crippen molar-refractivity contribution < 1.29 is 0 Å². The van der Waals surface area contributed by atoms with E-state index in [-0.39, 0.29) is 5.54 Å². The molecule has 0 N–H and O–H groups in total. The molecule has 1 heterocycles. The lowest BCUT2D eigenvalue weighted by atomic mass is 10.1. The highest BCUT2D eigenvalue weighted by Gasteiger charge is 2.16. The summed E-state index contributed by atoms with van der Waals surface area (Å²) in [5.41, 5.74) is 0.910. The molecule has 0 bridgehead atoms. The number of aromatic nitrogens is 2. The van der Waals surface area contributed by atoms with Gasteiger partial charge in [-0.2, -0.15) is 5.10 Å². The van der Waals surface area contributed by atoms with Crippen molar-refractivity contribution in [2.45, 2.75) is 26.3 Å². The number of hydrogen-bond donors (Lipinski definition) is 0. The third-order valence-corrected chi connectivity index (χ3v) is 3.56. The highest BCUT2D eigenvalue weighted by Crippen LogP contribution is 2.31. The molecule has 0 saturated heterocycles. The fourth-order valence-corrected chi connectivity index (χ4v) is 1.93. The Morgan fingerprint density at radius 3 is 2.60 bits per heavy atom. The summed E-state index contributed by atoms with van der Waals surface area (Å²) in [6.07, 6.45) is 1.99. The van der Waals surface area contributed by atoms with E-state index in [4.69, 9.17) is 11.6 Å². The van der Waals surface area contributed by atoms with Gasteiger partial charge in [0.15, 0.2) is 0 Å². The van der Waals surface area contributed by atoms with Crippen molar-refractivity contribution in [3.05, 3.63) is 27.8 Å². The van der Waals surface area contributed by atoms with E-state index >= 15 is 0 Å². The topological polar surface area (TPSA) is 17.8 Å². The summed E-state index contributed by atoms with van der Waals surface area (Å²) in [6.45, 7) is 6.34. The first-order valence-corrected chi connectivity index (χ1v) is 5.90. The molecule has 0 radical (unpaired) electrons. The van der Waals surface area contributed by atoms with E-state index in [1.54, 1.807) is 0 Å². The lowest BCUT2D eigenvalue weighted by molar-refractivity contribution is 0.358. The van der Waals surface area contributed by atoms with E-state index in [0.717, 1.165) is 20.4 Å². The minimum Gasteiger partial charge on any atom is -0.266 e. The average molecular weight is 288 g/mol. The molecule has 2 nitrogen and oxygen atoms in total. The molecule has 4 heteroatoms. The SMILES string of the molecule is CC(C)(C)n1cc2c(Cl)c(Br)ccc2n1. The standard InChI is InChI=1S/C11H12BrClN2/c1-11(2,3)15-6-7-9(14-15)5-4-8(12)10(7)13/h4-6H,1-3H3. The highest BCUT2D eigenvalue weighted by molar-refractivity contribution is 9.10. The van der Waals surface area contributed by atoms with Crippen LogP contribution in [0.4, 0.5) is 0 Å². The van der Waals surface area contributed by atoms with Gasteiger partial charge in [-0.1, -0.05) is 11.6 Å². The fraction of sp³-hybridized carbons (Fsp3) is 0.364. The molecule has 1 aromatic carbocycles. The van der Waals surface area contributed by atoms with Gasteiger partial charge in [-0.15, -0.1) is 0 Å². The molecule has 1 aromatic heterocycles. The second kappa shape index (κ2) is 3.49. The summed E-state index contributed by atoms with van der Waals surface area (Å²) in [7, 11) is 0. The van der Waals surface area contributed by atoms with Gasteiger partial charge in [0.1, 0.15) is 0 Å². The van der Waals surface area contributed by atoms with Crippen molar-refractivity contribution in [2.24, 2.45) is 0 Å². The van der Waals surface area contributed by atoms with E-state index in [9.17, 15) is 0 Å². The maximum atomic E-state index is 6.19. The molecule has 0 amide bonds. The first-order chi connectivity index (χ1) is 6.89. The summed E-state index contributed by atoms with van der Waals surface area (Å²) in [4.78, 5) is 0. The van der Waals surface area contributed by atoms with Crippen LogP contribution in [0, 0.1) is 0 Å². The van der Waals surface area contributed by atoms with Crippen LogP contribution >= 0.6 is 27.5 Å².